The third-order valence-electron chi connectivity index (χ3n) is 3.47. The van der Waals surface area contributed by atoms with Crippen LogP contribution in [0, 0.1) is 13.8 Å². The summed E-state index contributed by atoms with van der Waals surface area (Å²) in [5.74, 6) is 0.927. The van der Waals surface area contributed by atoms with Crippen LogP contribution in [0.15, 0.2) is 0 Å². The van der Waals surface area contributed by atoms with Crippen LogP contribution in [0.5, 0.6) is 0 Å². The van der Waals surface area contributed by atoms with Crippen molar-refractivity contribution in [1.82, 2.24) is 10.2 Å². The fourth-order valence-electron chi connectivity index (χ4n) is 1.99. The van der Waals surface area contributed by atoms with E-state index in [9.17, 15) is 0 Å². The fourth-order valence-corrected chi connectivity index (χ4v) is 1.99. The summed E-state index contributed by atoms with van der Waals surface area (Å²) in [5.41, 5.74) is 9.08. The Morgan fingerprint density at radius 2 is 1.94 bits per heavy atom. The average Bonchev–Trinajstić information content (AvgIpc) is 2.31. The summed E-state index contributed by atoms with van der Waals surface area (Å²) in [6, 6.07) is 0.460. The average molecular weight is 236 g/mol. The number of nitrogens with two attached hydrogens (primary N) is 1. The van der Waals surface area contributed by atoms with Crippen LogP contribution < -0.4 is 10.6 Å². The van der Waals surface area contributed by atoms with Crippen molar-refractivity contribution in [3.8, 4) is 0 Å². The van der Waals surface area contributed by atoms with Crippen LogP contribution in [-0.2, 0) is 6.54 Å². The fraction of sp³-hybridized carbons (Fsp3) is 0.692. The van der Waals surface area contributed by atoms with E-state index in [4.69, 9.17) is 5.73 Å². The van der Waals surface area contributed by atoms with E-state index in [0.29, 0.717) is 12.6 Å². The molecule has 0 amide bonds. The highest BCUT2D eigenvalue weighted by Crippen LogP contribution is 2.23. The van der Waals surface area contributed by atoms with Crippen LogP contribution >= 0.6 is 0 Å². The first-order valence-corrected chi connectivity index (χ1v) is 6.28. The van der Waals surface area contributed by atoms with Gasteiger partial charge in [-0.05, 0) is 32.8 Å². The van der Waals surface area contributed by atoms with Gasteiger partial charge in [0.05, 0.1) is 5.69 Å². The molecular weight excluding hydrogens is 212 g/mol. The Morgan fingerprint density at radius 1 is 1.29 bits per heavy atom. The molecule has 1 aromatic heterocycles. The van der Waals surface area contributed by atoms with Gasteiger partial charge < -0.3 is 10.6 Å². The van der Waals surface area contributed by atoms with Crippen LogP contribution in [0.2, 0.25) is 0 Å². The van der Waals surface area contributed by atoms with Gasteiger partial charge in [-0.3, -0.25) is 0 Å². The molecule has 1 unspecified atom stereocenters. The Balaban J connectivity index is 3.09. The Kier molecular flexibility index (Phi) is 4.87. The Bertz CT molecular complexity index is 376. The Hall–Kier alpha value is -1.16. The highest BCUT2D eigenvalue weighted by atomic mass is 15.3. The second-order valence-corrected chi connectivity index (χ2v) is 4.67. The maximum Gasteiger partial charge on any atom is 0.156 e. The third-order valence-corrected chi connectivity index (χ3v) is 3.47. The van der Waals surface area contributed by atoms with Crippen molar-refractivity contribution in [2.24, 2.45) is 5.73 Å². The summed E-state index contributed by atoms with van der Waals surface area (Å²) in [7, 11) is 2.07. The highest BCUT2D eigenvalue weighted by molar-refractivity contribution is 5.50. The van der Waals surface area contributed by atoms with Crippen molar-refractivity contribution < 1.29 is 0 Å². The molecule has 0 bridgehead atoms. The van der Waals surface area contributed by atoms with Crippen molar-refractivity contribution in [3.05, 3.63) is 16.8 Å². The zero-order valence-electron chi connectivity index (χ0n) is 11.6. The van der Waals surface area contributed by atoms with Gasteiger partial charge in [0.1, 0.15) is 0 Å². The molecule has 0 aliphatic heterocycles. The van der Waals surface area contributed by atoms with E-state index < -0.39 is 0 Å². The number of hydrogen-bond donors (Lipinski definition) is 1. The Labute approximate surface area is 104 Å². The first-order chi connectivity index (χ1) is 8.02. The summed E-state index contributed by atoms with van der Waals surface area (Å²) in [6.45, 7) is 8.95. The number of rotatable bonds is 5. The summed E-state index contributed by atoms with van der Waals surface area (Å²) in [4.78, 5) is 2.19. The third kappa shape index (κ3) is 2.94. The molecule has 0 aliphatic carbocycles. The molecule has 1 heterocycles. The molecule has 0 spiro atoms. The van der Waals surface area contributed by atoms with Crippen molar-refractivity contribution >= 4 is 5.82 Å². The van der Waals surface area contributed by atoms with Crippen molar-refractivity contribution in [3.63, 3.8) is 0 Å². The number of anilines is 1. The monoisotopic (exact) mass is 236 g/mol. The van der Waals surface area contributed by atoms with E-state index in [1.54, 1.807) is 0 Å². The molecule has 0 aromatic carbocycles. The lowest BCUT2D eigenvalue weighted by Crippen LogP contribution is -2.31. The standard InChI is InChI=1S/C13H24N4/c1-6-7-9(2)17(5)13-12(8-14)10(3)11(4)15-16-13/h9H,6-8,14H2,1-5H3. The molecule has 1 aromatic rings. The molecule has 0 fully saturated rings. The quantitative estimate of drug-likeness (QED) is 0.851. The molecular formula is C13H24N4. The largest absolute Gasteiger partial charge is 0.355 e. The van der Waals surface area contributed by atoms with Crippen LogP contribution in [0.3, 0.4) is 0 Å². The molecule has 0 saturated heterocycles. The lowest BCUT2D eigenvalue weighted by atomic mass is 10.1. The van der Waals surface area contributed by atoms with Gasteiger partial charge in [0, 0.05) is 25.2 Å². The summed E-state index contributed by atoms with van der Waals surface area (Å²) in [6.07, 6.45) is 2.32. The number of hydrogen-bond acceptors (Lipinski definition) is 4. The molecule has 1 rings (SSSR count). The number of aromatic nitrogens is 2. The van der Waals surface area contributed by atoms with E-state index in [2.05, 4.69) is 42.9 Å². The molecule has 0 aliphatic rings. The van der Waals surface area contributed by atoms with Crippen molar-refractivity contribution in [2.75, 3.05) is 11.9 Å². The van der Waals surface area contributed by atoms with Gasteiger partial charge in [0.25, 0.3) is 0 Å². The van der Waals surface area contributed by atoms with Crippen LogP contribution in [0.1, 0.15) is 43.5 Å². The molecule has 17 heavy (non-hydrogen) atoms. The van der Waals surface area contributed by atoms with Gasteiger partial charge in [0.15, 0.2) is 5.82 Å². The van der Waals surface area contributed by atoms with Gasteiger partial charge in [-0.15, -0.1) is 5.10 Å². The van der Waals surface area contributed by atoms with E-state index in [0.717, 1.165) is 29.1 Å². The van der Waals surface area contributed by atoms with Crippen molar-refractivity contribution in [2.45, 2.75) is 53.1 Å². The van der Waals surface area contributed by atoms with E-state index in [1.807, 2.05) is 6.92 Å². The van der Waals surface area contributed by atoms with Crippen LogP contribution in [0.25, 0.3) is 0 Å². The van der Waals surface area contributed by atoms with E-state index >= 15 is 0 Å². The molecule has 4 nitrogen and oxygen atoms in total. The second-order valence-electron chi connectivity index (χ2n) is 4.67. The SMILES string of the molecule is CCCC(C)N(C)c1nnc(C)c(C)c1CN. The van der Waals surface area contributed by atoms with Gasteiger partial charge in [-0.1, -0.05) is 13.3 Å². The molecule has 0 saturated carbocycles. The smallest absolute Gasteiger partial charge is 0.156 e. The van der Waals surface area contributed by atoms with Gasteiger partial charge in [-0.2, -0.15) is 5.10 Å². The van der Waals surface area contributed by atoms with Crippen molar-refractivity contribution in [1.29, 1.82) is 0 Å². The predicted octanol–water partition coefficient (Wildman–Crippen LogP) is 2.18. The van der Waals surface area contributed by atoms with Gasteiger partial charge in [-0.25, -0.2) is 0 Å². The molecule has 1 atom stereocenters. The van der Waals surface area contributed by atoms with E-state index in [-0.39, 0.29) is 0 Å². The molecule has 2 N–H and O–H groups in total. The molecule has 96 valence electrons. The minimum absolute atomic E-state index is 0.460. The zero-order valence-corrected chi connectivity index (χ0v) is 11.6. The maximum absolute atomic E-state index is 5.84. The minimum atomic E-state index is 0.460. The van der Waals surface area contributed by atoms with Crippen LogP contribution in [0.4, 0.5) is 5.82 Å². The predicted molar refractivity (Wildman–Crippen MR) is 72.2 cm³/mol. The minimum Gasteiger partial charge on any atom is -0.355 e. The second kappa shape index (κ2) is 5.96. The Morgan fingerprint density at radius 3 is 2.47 bits per heavy atom. The number of nitrogens with zero attached hydrogens (tertiary/aromatic N) is 3. The topological polar surface area (TPSA) is 55.0 Å². The first kappa shape index (κ1) is 13.9. The number of aryl methyl sites for hydroxylation is 1. The van der Waals surface area contributed by atoms with Crippen LogP contribution in [-0.4, -0.2) is 23.3 Å². The van der Waals surface area contributed by atoms with Gasteiger partial charge >= 0.3 is 0 Å². The lowest BCUT2D eigenvalue weighted by molar-refractivity contribution is 0.604. The maximum atomic E-state index is 5.84. The zero-order chi connectivity index (χ0) is 13.0. The summed E-state index contributed by atoms with van der Waals surface area (Å²) in [5, 5.41) is 8.51. The summed E-state index contributed by atoms with van der Waals surface area (Å²) < 4.78 is 0. The van der Waals surface area contributed by atoms with E-state index in [1.165, 1.54) is 6.42 Å². The molecule has 0 radical (unpaired) electrons. The van der Waals surface area contributed by atoms with Gasteiger partial charge in [0.2, 0.25) is 0 Å². The first-order valence-electron chi connectivity index (χ1n) is 6.28. The highest BCUT2D eigenvalue weighted by Gasteiger charge is 2.17. The normalized spacial score (nSPS) is 12.6. The summed E-state index contributed by atoms with van der Waals surface area (Å²) >= 11 is 0. The lowest BCUT2D eigenvalue weighted by Gasteiger charge is -2.27. The molecule has 4 heteroatoms.